The molecule has 0 aliphatic heterocycles. The van der Waals surface area contributed by atoms with E-state index in [1.807, 2.05) is 23.6 Å². The minimum atomic E-state index is -4.51. The first-order valence-corrected chi connectivity index (χ1v) is 8.49. The SMILES string of the molecule is O=C(NCCc1nc(-c2ccccn2)cs1)c1cc(C(F)(F)F)ccn1. The molecule has 0 saturated carbocycles. The minimum absolute atomic E-state index is 0.242. The quantitative estimate of drug-likeness (QED) is 0.737. The van der Waals surface area contributed by atoms with E-state index in [0.717, 1.165) is 34.7 Å². The van der Waals surface area contributed by atoms with Crippen molar-refractivity contribution in [1.82, 2.24) is 20.3 Å². The van der Waals surface area contributed by atoms with Crippen molar-refractivity contribution in [2.75, 3.05) is 6.54 Å². The molecule has 0 spiro atoms. The number of hydrogen-bond acceptors (Lipinski definition) is 5. The molecule has 5 nitrogen and oxygen atoms in total. The van der Waals surface area contributed by atoms with Gasteiger partial charge in [0.25, 0.3) is 5.91 Å². The lowest BCUT2D eigenvalue weighted by Gasteiger charge is -2.08. The number of pyridine rings is 2. The van der Waals surface area contributed by atoms with Gasteiger partial charge in [0.15, 0.2) is 0 Å². The highest BCUT2D eigenvalue weighted by atomic mass is 32.1. The van der Waals surface area contributed by atoms with Gasteiger partial charge in [-0.15, -0.1) is 11.3 Å². The number of carbonyl (C=O) groups excluding carboxylic acids is 1. The van der Waals surface area contributed by atoms with Crippen LogP contribution in [0.25, 0.3) is 11.4 Å². The molecule has 26 heavy (non-hydrogen) atoms. The number of aromatic nitrogens is 3. The van der Waals surface area contributed by atoms with Crippen LogP contribution in [-0.4, -0.2) is 27.4 Å². The molecule has 0 atom stereocenters. The number of amides is 1. The van der Waals surface area contributed by atoms with Crippen molar-refractivity contribution in [2.24, 2.45) is 0 Å². The van der Waals surface area contributed by atoms with Crippen molar-refractivity contribution in [1.29, 1.82) is 0 Å². The van der Waals surface area contributed by atoms with Crippen LogP contribution < -0.4 is 5.32 Å². The molecule has 3 aromatic heterocycles. The Morgan fingerprint density at radius 1 is 1.12 bits per heavy atom. The molecule has 134 valence electrons. The standard InChI is InChI=1S/C17H13F3N4OS/c18-17(19,20)11-4-7-22-13(9-11)16(25)23-8-5-15-24-14(10-26-15)12-3-1-2-6-21-12/h1-4,6-7,9-10H,5,8H2,(H,23,25). The fourth-order valence-corrected chi connectivity index (χ4v) is 2.95. The third-order valence-electron chi connectivity index (χ3n) is 3.42. The summed E-state index contributed by atoms with van der Waals surface area (Å²) in [4.78, 5) is 24.3. The Morgan fingerprint density at radius 2 is 1.96 bits per heavy atom. The molecule has 3 heterocycles. The van der Waals surface area contributed by atoms with Crippen molar-refractivity contribution in [3.05, 3.63) is 64.4 Å². The van der Waals surface area contributed by atoms with E-state index in [0.29, 0.717) is 6.42 Å². The van der Waals surface area contributed by atoms with Gasteiger partial charge in [0.1, 0.15) is 5.69 Å². The Kier molecular flexibility index (Phi) is 5.27. The fourth-order valence-electron chi connectivity index (χ4n) is 2.16. The molecule has 0 aromatic carbocycles. The topological polar surface area (TPSA) is 67.8 Å². The normalized spacial score (nSPS) is 11.3. The van der Waals surface area contributed by atoms with Crippen LogP contribution in [0.5, 0.6) is 0 Å². The maximum Gasteiger partial charge on any atom is 0.416 e. The van der Waals surface area contributed by atoms with Crippen molar-refractivity contribution in [2.45, 2.75) is 12.6 Å². The monoisotopic (exact) mass is 378 g/mol. The van der Waals surface area contributed by atoms with Gasteiger partial charge in [-0.2, -0.15) is 13.2 Å². The van der Waals surface area contributed by atoms with Crippen LogP contribution in [0.2, 0.25) is 0 Å². The second-order valence-corrected chi connectivity index (χ2v) is 6.22. The number of hydrogen-bond donors (Lipinski definition) is 1. The Bertz CT molecular complexity index is 896. The average Bonchev–Trinajstić information content (AvgIpc) is 3.11. The van der Waals surface area contributed by atoms with Gasteiger partial charge >= 0.3 is 6.18 Å². The maximum absolute atomic E-state index is 12.7. The lowest BCUT2D eigenvalue weighted by Crippen LogP contribution is -2.27. The van der Waals surface area contributed by atoms with E-state index in [2.05, 4.69) is 20.3 Å². The molecule has 0 unspecified atom stereocenters. The minimum Gasteiger partial charge on any atom is -0.350 e. The molecule has 9 heteroatoms. The Balaban J connectivity index is 1.57. The lowest BCUT2D eigenvalue weighted by atomic mass is 10.2. The first kappa shape index (κ1) is 18.0. The largest absolute Gasteiger partial charge is 0.416 e. The predicted octanol–water partition coefficient (Wildman–Crippen LogP) is 3.59. The van der Waals surface area contributed by atoms with E-state index in [1.54, 1.807) is 6.20 Å². The third kappa shape index (κ3) is 4.42. The van der Waals surface area contributed by atoms with Gasteiger partial charge in [-0.25, -0.2) is 4.98 Å². The summed E-state index contributed by atoms with van der Waals surface area (Å²) in [6, 6.07) is 7.08. The van der Waals surface area contributed by atoms with E-state index in [4.69, 9.17) is 0 Å². The number of alkyl halides is 3. The molecule has 1 amide bonds. The summed E-state index contributed by atoms with van der Waals surface area (Å²) in [5, 5.41) is 5.22. The summed E-state index contributed by atoms with van der Waals surface area (Å²) in [6.45, 7) is 0.242. The third-order valence-corrected chi connectivity index (χ3v) is 4.33. The molecule has 0 radical (unpaired) electrons. The van der Waals surface area contributed by atoms with Crippen LogP contribution in [-0.2, 0) is 12.6 Å². The van der Waals surface area contributed by atoms with Crippen molar-refractivity contribution >= 4 is 17.2 Å². The van der Waals surface area contributed by atoms with Crippen molar-refractivity contribution in [3.63, 3.8) is 0 Å². The van der Waals surface area contributed by atoms with Gasteiger partial charge in [-0.1, -0.05) is 6.07 Å². The van der Waals surface area contributed by atoms with Crippen LogP contribution in [0.15, 0.2) is 48.1 Å². The Labute approximate surface area is 151 Å². The van der Waals surface area contributed by atoms with E-state index in [1.165, 1.54) is 11.3 Å². The van der Waals surface area contributed by atoms with E-state index >= 15 is 0 Å². The van der Waals surface area contributed by atoms with Crippen LogP contribution in [0.1, 0.15) is 21.1 Å². The summed E-state index contributed by atoms with van der Waals surface area (Å²) in [5.41, 5.74) is 0.328. The van der Waals surface area contributed by atoms with Crippen LogP contribution >= 0.6 is 11.3 Å². The second-order valence-electron chi connectivity index (χ2n) is 5.27. The van der Waals surface area contributed by atoms with Crippen LogP contribution in [0.4, 0.5) is 13.2 Å². The highest BCUT2D eigenvalue weighted by molar-refractivity contribution is 7.09. The molecule has 0 aliphatic carbocycles. The van der Waals surface area contributed by atoms with Gasteiger partial charge < -0.3 is 5.32 Å². The molecule has 3 aromatic rings. The molecule has 1 N–H and O–H groups in total. The predicted molar refractivity (Wildman–Crippen MR) is 90.6 cm³/mol. The molecule has 3 rings (SSSR count). The summed E-state index contributed by atoms with van der Waals surface area (Å²) >= 11 is 1.43. The van der Waals surface area contributed by atoms with Crippen LogP contribution in [0, 0.1) is 0 Å². The zero-order valence-corrected chi connectivity index (χ0v) is 14.1. The summed E-state index contributed by atoms with van der Waals surface area (Å²) in [6.07, 6.45) is -1.41. The van der Waals surface area contributed by atoms with E-state index in [-0.39, 0.29) is 12.2 Å². The maximum atomic E-state index is 12.7. The second kappa shape index (κ2) is 7.61. The summed E-state index contributed by atoms with van der Waals surface area (Å²) < 4.78 is 38.0. The van der Waals surface area contributed by atoms with Gasteiger partial charge in [0, 0.05) is 30.7 Å². The highest BCUT2D eigenvalue weighted by Crippen LogP contribution is 2.29. The number of nitrogens with one attached hydrogen (secondary N) is 1. The van der Waals surface area contributed by atoms with Crippen molar-refractivity contribution < 1.29 is 18.0 Å². The van der Waals surface area contributed by atoms with Crippen molar-refractivity contribution in [3.8, 4) is 11.4 Å². The number of halogens is 3. The molecular formula is C17H13F3N4OS. The summed E-state index contributed by atoms with van der Waals surface area (Å²) in [7, 11) is 0. The van der Waals surface area contributed by atoms with Gasteiger partial charge in [0.2, 0.25) is 0 Å². The lowest BCUT2D eigenvalue weighted by molar-refractivity contribution is -0.137. The Morgan fingerprint density at radius 3 is 2.69 bits per heavy atom. The van der Waals surface area contributed by atoms with Gasteiger partial charge in [-0.3, -0.25) is 14.8 Å². The number of nitrogens with zero attached hydrogens (tertiary/aromatic N) is 3. The molecular weight excluding hydrogens is 365 g/mol. The van der Waals surface area contributed by atoms with Gasteiger partial charge in [0.05, 0.1) is 22.0 Å². The summed E-state index contributed by atoms with van der Waals surface area (Å²) in [5.74, 6) is -0.655. The average molecular weight is 378 g/mol. The van der Waals surface area contributed by atoms with E-state index in [9.17, 15) is 18.0 Å². The first-order chi connectivity index (χ1) is 12.4. The van der Waals surface area contributed by atoms with Crippen LogP contribution in [0.3, 0.4) is 0 Å². The van der Waals surface area contributed by atoms with E-state index < -0.39 is 17.6 Å². The molecule has 0 saturated heterocycles. The zero-order valence-electron chi connectivity index (χ0n) is 13.3. The number of carbonyl (C=O) groups is 1. The first-order valence-electron chi connectivity index (χ1n) is 7.61. The smallest absolute Gasteiger partial charge is 0.350 e. The van der Waals surface area contributed by atoms with Gasteiger partial charge in [-0.05, 0) is 24.3 Å². The number of thiazole rings is 1. The molecule has 0 aliphatic rings. The number of rotatable bonds is 5. The zero-order chi connectivity index (χ0) is 18.6. The molecule has 0 bridgehead atoms. The molecule has 0 fully saturated rings. The Hall–Kier alpha value is -2.81. The highest BCUT2D eigenvalue weighted by Gasteiger charge is 2.31. The fraction of sp³-hybridized carbons (Fsp3) is 0.176.